The van der Waals surface area contributed by atoms with Gasteiger partial charge in [0.1, 0.15) is 5.41 Å². The molecule has 1 aromatic rings. The zero-order valence-electron chi connectivity index (χ0n) is 9.56. The van der Waals surface area contributed by atoms with Gasteiger partial charge in [-0.2, -0.15) is 5.26 Å². The minimum Gasteiger partial charge on any atom is -0.481 e. The van der Waals surface area contributed by atoms with Crippen molar-refractivity contribution in [3.8, 4) is 6.07 Å². The van der Waals surface area contributed by atoms with Gasteiger partial charge in [-0.15, -0.1) is 0 Å². The van der Waals surface area contributed by atoms with Crippen molar-refractivity contribution in [1.82, 2.24) is 0 Å². The molecule has 7 heteroatoms. The van der Waals surface area contributed by atoms with Crippen molar-refractivity contribution in [3.63, 3.8) is 0 Å². The predicted octanol–water partition coefficient (Wildman–Crippen LogP) is 2.70. The number of carboxylic acid groups (broad SMARTS) is 2. The lowest BCUT2D eigenvalue weighted by Gasteiger charge is -2.23. The van der Waals surface area contributed by atoms with Gasteiger partial charge in [-0.1, -0.05) is 29.3 Å². The second-order valence-corrected chi connectivity index (χ2v) is 4.78. The van der Waals surface area contributed by atoms with Crippen LogP contribution < -0.4 is 0 Å². The smallest absolute Gasteiger partial charge is 0.305 e. The molecule has 0 saturated heterocycles. The molecule has 19 heavy (non-hydrogen) atoms. The lowest BCUT2D eigenvalue weighted by Crippen LogP contribution is -2.30. The number of hydrogen-bond donors (Lipinski definition) is 2. The summed E-state index contributed by atoms with van der Waals surface area (Å²) in [4.78, 5) is 21.8. The number of aliphatic carboxylic acids is 2. The molecule has 0 aliphatic heterocycles. The molecule has 0 aromatic heterocycles. The molecule has 0 radical (unpaired) electrons. The molecule has 0 atom stereocenters. The summed E-state index contributed by atoms with van der Waals surface area (Å²) in [6, 6.07) is 5.90. The summed E-state index contributed by atoms with van der Waals surface area (Å²) in [7, 11) is 0. The van der Waals surface area contributed by atoms with Crippen molar-refractivity contribution in [2.45, 2.75) is 18.3 Å². The van der Waals surface area contributed by atoms with E-state index in [-0.39, 0.29) is 15.6 Å². The van der Waals surface area contributed by atoms with Crippen molar-refractivity contribution in [3.05, 3.63) is 33.8 Å². The molecule has 2 N–H and O–H groups in total. The monoisotopic (exact) mass is 301 g/mol. The van der Waals surface area contributed by atoms with Crippen LogP contribution in [0.25, 0.3) is 0 Å². The number of rotatable bonds is 5. The standard InChI is InChI=1S/C12H9Cl2NO4/c13-8-2-1-7(3-9(8)14)12(6-15,4-10(16)17)5-11(18)19/h1-3H,4-5H2,(H,16,17)(H,18,19). The Morgan fingerprint density at radius 1 is 1.16 bits per heavy atom. The quantitative estimate of drug-likeness (QED) is 0.871. The highest BCUT2D eigenvalue weighted by atomic mass is 35.5. The SMILES string of the molecule is N#CC(CC(=O)O)(CC(=O)O)c1ccc(Cl)c(Cl)c1. The van der Waals surface area contributed by atoms with Gasteiger partial charge in [0.05, 0.1) is 29.0 Å². The van der Waals surface area contributed by atoms with E-state index < -0.39 is 30.2 Å². The minimum atomic E-state index is -1.67. The first-order valence-corrected chi connectivity index (χ1v) is 5.87. The largest absolute Gasteiger partial charge is 0.481 e. The molecule has 5 nitrogen and oxygen atoms in total. The van der Waals surface area contributed by atoms with Crippen molar-refractivity contribution < 1.29 is 19.8 Å². The zero-order valence-corrected chi connectivity index (χ0v) is 11.1. The van der Waals surface area contributed by atoms with Gasteiger partial charge in [0.2, 0.25) is 0 Å². The maximum absolute atomic E-state index is 10.9. The highest BCUT2D eigenvalue weighted by Crippen LogP contribution is 2.35. The third-order valence-electron chi connectivity index (χ3n) is 2.59. The second kappa shape index (κ2) is 5.91. The summed E-state index contributed by atoms with van der Waals surface area (Å²) < 4.78 is 0. The highest BCUT2D eigenvalue weighted by molar-refractivity contribution is 6.42. The van der Waals surface area contributed by atoms with Gasteiger partial charge in [0, 0.05) is 0 Å². The van der Waals surface area contributed by atoms with Gasteiger partial charge in [0.15, 0.2) is 0 Å². The van der Waals surface area contributed by atoms with Crippen LogP contribution in [0.3, 0.4) is 0 Å². The summed E-state index contributed by atoms with van der Waals surface area (Å²) in [5, 5.41) is 27.4. The number of hydrogen-bond acceptors (Lipinski definition) is 3. The van der Waals surface area contributed by atoms with Gasteiger partial charge >= 0.3 is 11.9 Å². The molecule has 1 rings (SSSR count). The number of benzene rings is 1. The van der Waals surface area contributed by atoms with Crippen LogP contribution in [0.1, 0.15) is 18.4 Å². The van der Waals surface area contributed by atoms with Gasteiger partial charge in [-0.25, -0.2) is 0 Å². The Labute approximate surface area is 119 Å². The Morgan fingerprint density at radius 2 is 1.68 bits per heavy atom. The molecule has 0 fully saturated rings. The molecular formula is C12H9Cl2NO4. The molecule has 1 aromatic carbocycles. The van der Waals surface area contributed by atoms with Gasteiger partial charge in [-0.3, -0.25) is 9.59 Å². The molecule has 0 saturated carbocycles. The van der Waals surface area contributed by atoms with Crippen LogP contribution in [0.15, 0.2) is 18.2 Å². The first-order chi connectivity index (χ1) is 8.80. The van der Waals surface area contributed by atoms with Crippen molar-refractivity contribution in [2.24, 2.45) is 0 Å². The fourth-order valence-electron chi connectivity index (χ4n) is 1.72. The molecule has 0 aliphatic carbocycles. The minimum absolute atomic E-state index is 0.134. The number of nitrogens with zero attached hydrogens (tertiary/aromatic N) is 1. The third kappa shape index (κ3) is 3.60. The van der Waals surface area contributed by atoms with E-state index in [2.05, 4.69) is 0 Å². The van der Waals surface area contributed by atoms with Crippen LogP contribution >= 0.6 is 23.2 Å². The maximum atomic E-state index is 10.9. The topological polar surface area (TPSA) is 98.4 Å². The van der Waals surface area contributed by atoms with Crippen LogP contribution in [-0.4, -0.2) is 22.2 Å². The molecule has 0 spiro atoms. The van der Waals surface area contributed by atoms with Gasteiger partial charge < -0.3 is 10.2 Å². The normalized spacial score (nSPS) is 10.8. The Kier molecular flexibility index (Phi) is 4.76. The Bertz CT molecular complexity index is 549. The van der Waals surface area contributed by atoms with E-state index in [9.17, 15) is 14.9 Å². The Hall–Kier alpha value is -1.77. The molecule has 0 amide bonds. The van der Waals surface area contributed by atoms with E-state index in [0.717, 1.165) is 0 Å². The number of carboxylic acids is 2. The van der Waals surface area contributed by atoms with E-state index >= 15 is 0 Å². The van der Waals surface area contributed by atoms with Gasteiger partial charge in [-0.05, 0) is 17.7 Å². The Morgan fingerprint density at radius 3 is 2.05 bits per heavy atom. The average molecular weight is 302 g/mol. The van der Waals surface area contributed by atoms with E-state index in [1.54, 1.807) is 6.07 Å². The maximum Gasteiger partial charge on any atom is 0.305 e. The summed E-state index contributed by atoms with van der Waals surface area (Å²) in [6.07, 6.45) is -1.26. The average Bonchev–Trinajstić information content (AvgIpc) is 2.30. The van der Waals surface area contributed by atoms with Crippen molar-refractivity contribution in [2.75, 3.05) is 0 Å². The molecule has 0 aliphatic rings. The summed E-state index contributed by atoms with van der Waals surface area (Å²) in [6.45, 7) is 0. The van der Waals surface area contributed by atoms with Gasteiger partial charge in [0.25, 0.3) is 0 Å². The van der Waals surface area contributed by atoms with E-state index in [4.69, 9.17) is 33.4 Å². The number of nitriles is 1. The summed E-state index contributed by atoms with van der Waals surface area (Å²) in [5.74, 6) is -2.54. The first kappa shape index (κ1) is 15.3. The van der Waals surface area contributed by atoms with Crippen LogP contribution in [0.4, 0.5) is 0 Å². The van der Waals surface area contributed by atoms with Crippen molar-refractivity contribution in [1.29, 1.82) is 5.26 Å². The predicted molar refractivity (Wildman–Crippen MR) is 68.3 cm³/mol. The van der Waals surface area contributed by atoms with Crippen molar-refractivity contribution >= 4 is 35.1 Å². The van der Waals surface area contributed by atoms with Crippen LogP contribution in [0.2, 0.25) is 10.0 Å². The molecular weight excluding hydrogens is 293 g/mol. The lowest BCUT2D eigenvalue weighted by molar-refractivity contribution is -0.140. The van der Waals surface area contributed by atoms with E-state index in [1.165, 1.54) is 18.2 Å². The van der Waals surface area contributed by atoms with Crippen LogP contribution in [0, 0.1) is 11.3 Å². The summed E-state index contributed by atoms with van der Waals surface area (Å²) >= 11 is 11.6. The molecule has 0 heterocycles. The fourth-order valence-corrected chi connectivity index (χ4v) is 2.02. The highest BCUT2D eigenvalue weighted by Gasteiger charge is 2.38. The third-order valence-corrected chi connectivity index (χ3v) is 3.33. The molecule has 0 unspecified atom stereocenters. The van der Waals surface area contributed by atoms with Crippen LogP contribution in [0.5, 0.6) is 0 Å². The number of halogens is 2. The zero-order chi connectivity index (χ0) is 14.6. The molecule has 100 valence electrons. The first-order valence-electron chi connectivity index (χ1n) is 5.11. The number of carbonyl (C=O) groups is 2. The molecule has 0 bridgehead atoms. The van der Waals surface area contributed by atoms with E-state index in [1.807, 2.05) is 0 Å². The van der Waals surface area contributed by atoms with Crippen LogP contribution in [-0.2, 0) is 15.0 Å². The van der Waals surface area contributed by atoms with E-state index in [0.29, 0.717) is 0 Å². The Balaban J connectivity index is 3.36. The lowest BCUT2D eigenvalue weighted by atomic mass is 9.76. The second-order valence-electron chi connectivity index (χ2n) is 3.96. The fraction of sp³-hybridized carbons (Fsp3) is 0.250. The summed E-state index contributed by atoms with van der Waals surface area (Å²) in [5.41, 5.74) is -1.46.